The molecule has 0 fully saturated rings. The number of carbonyl (C=O) groups excluding carboxylic acids is 1. The predicted molar refractivity (Wildman–Crippen MR) is 76.8 cm³/mol. The van der Waals surface area contributed by atoms with Crippen LogP contribution < -0.4 is 0 Å². The molecule has 0 aliphatic heterocycles. The third kappa shape index (κ3) is 9.75. The van der Waals surface area contributed by atoms with Gasteiger partial charge in [-0.1, -0.05) is 33.1 Å². The molecule has 0 aromatic carbocycles. The molecular weight excluding hydrogens is 251 g/mol. The molecule has 0 aromatic heterocycles. The average Bonchev–Trinajstić information content (AvgIpc) is 2.34. The number of hydrogen-bond acceptors (Lipinski definition) is 3. The zero-order valence-corrected chi connectivity index (χ0v) is 12.7. The number of hydrogen-bond donors (Lipinski definition) is 0. The number of halogens is 1. The van der Waals surface area contributed by atoms with Gasteiger partial charge in [-0.2, -0.15) is 0 Å². The first-order valence-electron chi connectivity index (χ1n) is 6.87. The Balaban J connectivity index is 3.66. The largest absolute Gasteiger partial charge is 0.468 e. The Kier molecular flexibility index (Phi) is 11.7. The Morgan fingerprint density at radius 3 is 2.33 bits per heavy atom. The van der Waals surface area contributed by atoms with Crippen LogP contribution in [0.1, 0.15) is 52.4 Å². The zero-order valence-electron chi connectivity index (χ0n) is 11.9. The minimum Gasteiger partial charge on any atom is -0.468 e. The van der Waals surface area contributed by atoms with Crippen molar-refractivity contribution in [3.63, 3.8) is 0 Å². The molecule has 0 bridgehead atoms. The monoisotopic (exact) mass is 278 g/mol. The highest BCUT2D eigenvalue weighted by Gasteiger charge is 2.20. The summed E-state index contributed by atoms with van der Waals surface area (Å²) in [4.78, 5) is 11.6. The van der Waals surface area contributed by atoms with E-state index in [2.05, 4.69) is 13.8 Å². The Morgan fingerprint density at radius 2 is 1.78 bits per heavy atom. The molecule has 18 heavy (non-hydrogen) atoms. The second-order valence-electron chi connectivity index (χ2n) is 4.97. The molecule has 0 aliphatic rings. The van der Waals surface area contributed by atoms with Gasteiger partial charge in [-0.3, -0.25) is 9.18 Å². The summed E-state index contributed by atoms with van der Waals surface area (Å²) in [5, 5.41) is -0.0270. The second kappa shape index (κ2) is 11.8. The smallest absolute Gasteiger partial charge is 0.318 e. The maximum atomic E-state index is 11.9. The van der Waals surface area contributed by atoms with Gasteiger partial charge in [-0.05, 0) is 30.9 Å². The molecule has 0 radical (unpaired) electrons. The molecule has 1 atom stereocenters. The van der Waals surface area contributed by atoms with Crippen molar-refractivity contribution in [3.8, 4) is 0 Å². The van der Waals surface area contributed by atoms with Crippen molar-refractivity contribution in [2.45, 2.75) is 57.6 Å². The third-order valence-electron chi connectivity index (χ3n) is 2.75. The summed E-state index contributed by atoms with van der Waals surface area (Å²) in [6, 6.07) is 0. The van der Waals surface area contributed by atoms with Crippen molar-refractivity contribution in [1.82, 2.24) is 0 Å². The van der Waals surface area contributed by atoms with Gasteiger partial charge in [-0.15, -0.1) is 11.8 Å². The summed E-state index contributed by atoms with van der Waals surface area (Å²) in [5.74, 6) is 1.39. The number of unbranched alkanes of at least 4 members (excludes halogenated alkanes) is 4. The fraction of sp³-hybridized carbons (Fsp3) is 0.929. The standard InChI is InChI=1S/C14H27FO2S/c1-12(2)11-13(14(16)17-3)18-10-8-6-4-5-7-9-15/h12-13H,4-11H2,1-3H3. The number of rotatable bonds is 11. The first-order valence-corrected chi connectivity index (χ1v) is 7.92. The van der Waals surface area contributed by atoms with Gasteiger partial charge >= 0.3 is 5.97 Å². The lowest BCUT2D eigenvalue weighted by Crippen LogP contribution is -2.21. The van der Waals surface area contributed by atoms with Gasteiger partial charge in [-0.25, -0.2) is 0 Å². The van der Waals surface area contributed by atoms with Crippen LogP contribution in [0.25, 0.3) is 0 Å². The second-order valence-corrected chi connectivity index (χ2v) is 6.28. The van der Waals surface area contributed by atoms with Gasteiger partial charge in [0.1, 0.15) is 5.25 Å². The molecule has 0 rings (SSSR count). The zero-order chi connectivity index (χ0) is 13.8. The minimum atomic E-state index is -0.201. The SMILES string of the molecule is COC(=O)C(CC(C)C)SCCCCCCCF. The summed E-state index contributed by atoms with van der Waals surface area (Å²) in [6.45, 7) is 4.04. The molecular formula is C14H27FO2S. The number of ether oxygens (including phenoxy) is 1. The van der Waals surface area contributed by atoms with E-state index in [1.165, 1.54) is 7.11 Å². The molecule has 4 heteroatoms. The van der Waals surface area contributed by atoms with E-state index >= 15 is 0 Å². The number of esters is 1. The van der Waals surface area contributed by atoms with Crippen LogP contribution in [-0.4, -0.2) is 30.8 Å². The van der Waals surface area contributed by atoms with Crippen LogP contribution in [0.15, 0.2) is 0 Å². The van der Waals surface area contributed by atoms with Gasteiger partial charge < -0.3 is 4.74 Å². The van der Waals surface area contributed by atoms with Crippen LogP contribution in [0.4, 0.5) is 4.39 Å². The van der Waals surface area contributed by atoms with Crippen molar-refractivity contribution in [3.05, 3.63) is 0 Å². The lowest BCUT2D eigenvalue weighted by Gasteiger charge is -2.16. The van der Waals surface area contributed by atoms with Crippen molar-refractivity contribution in [1.29, 1.82) is 0 Å². The van der Waals surface area contributed by atoms with E-state index < -0.39 is 0 Å². The molecule has 0 amide bonds. The van der Waals surface area contributed by atoms with Crippen molar-refractivity contribution in [2.24, 2.45) is 5.92 Å². The van der Waals surface area contributed by atoms with Crippen LogP contribution in [0, 0.1) is 5.92 Å². The topological polar surface area (TPSA) is 26.3 Å². The highest BCUT2D eigenvalue weighted by Crippen LogP contribution is 2.22. The molecule has 0 saturated carbocycles. The van der Waals surface area contributed by atoms with E-state index in [0.717, 1.165) is 37.9 Å². The van der Waals surface area contributed by atoms with Crippen LogP contribution in [0.5, 0.6) is 0 Å². The van der Waals surface area contributed by atoms with Gasteiger partial charge in [0.2, 0.25) is 0 Å². The Morgan fingerprint density at radius 1 is 1.17 bits per heavy atom. The number of thioether (sulfide) groups is 1. The molecule has 0 heterocycles. The molecule has 0 aromatic rings. The Bertz CT molecular complexity index is 210. The quantitative estimate of drug-likeness (QED) is 0.418. The lowest BCUT2D eigenvalue weighted by molar-refractivity contribution is -0.140. The van der Waals surface area contributed by atoms with Crippen LogP contribution in [0.3, 0.4) is 0 Å². The van der Waals surface area contributed by atoms with Gasteiger partial charge in [0, 0.05) is 0 Å². The average molecular weight is 278 g/mol. The summed E-state index contributed by atoms with van der Waals surface area (Å²) in [7, 11) is 1.45. The summed E-state index contributed by atoms with van der Waals surface area (Å²) >= 11 is 1.70. The van der Waals surface area contributed by atoms with Crippen molar-refractivity contribution < 1.29 is 13.9 Å². The first kappa shape index (κ1) is 17.8. The maximum absolute atomic E-state index is 11.9. The Hall–Kier alpha value is -0.250. The maximum Gasteiger partial charge on any atom is 0.318 e. The first-order chi connectivity index (χ1) is 8.61. The summed E-state index contributed by atoms with van der Waals surface area (Å²) < 4.78 is 16.7. The molecule has 0 aliphatic carbocycles. The molecule has 0 spiro atoms. The number of carbonyl (C=O) groups is 1. The molecule has 2 nitrogen and oxygen atoms in total. The summed E-state index contributed by atoms with van der Waals surface area (Å²) in [6.07, 6.45) is 5.86. The van der Waals surface area contributed by atoms with Gasteiger partial charge in [0.25, 0.3) is 0 Å². The molecule has 1 unspecified atom stereocenters. The third-order valence-corrected chi connectivity index (χ3v) is 4.06. The van der Waals surface area contributed by atoms with E-state index in [9.17, 15) is 9.18 Å². The number of methoxy groups -OCH3 is 1. The normalized spacial score (nSPS) is 12.7. The van der Waals surface area contributed by atoms with Crippen molar-refractivity contribution in [2.75, 3.05) is 19.5 Å². The fourth-order valence-electron chi connectivity index (χ4n) is 1.74. The minimum absolute atomic E-state index is 0.0270. The summed E-state index contributed by atoms with van der Waals surface area (Å²) in [5.41, 5.74) is 0. The van der Waals surface area contributed by atoms with Gasteiger partial charge in [0.05, 0.1) is 13.8 Å². The van der Waals surface area contributed by atoms with Crippen LogP contribution in [-0.2, 0) is 9.53 Å². The van der Waals surface area contributed by atoms with Crippen LogP contribution >= 0.6 is 11.8 Å². The Labute approximate surface area is 115 Å². The predicted octanol–water partition coefficient (Wildman–Crippen LogP) is 4.23. The van der Waals surface area contributed by atoms with E-state index in [4.69, 9.17) is 4.74 Å². The highest BCUT2D eigenvalue weighted by molar-refractivity contribution is 8.00. The van der Waals surface area contributed by atoms with E-state index in [-0.39, 0.29) is 17.9 Å². The molecule has 0 N–H and O–H groups in total. The highest BCUT2D eigenvalue weighted by atomic mass is 32.2. The van der Waals surface area contributed by atoms with E-state index in [0.29, 0.717) is 12.3 Å². The van der Waals surface area contributed by atoms with Gasteiger partial charge in [0.15, 0.2) is 0 Å². The number of alkyl halides is 1. The van der Waals surface area contributed by atoms with E-state index in [1.54, 1.807) is 11.8 Å². The van der Waals surface area contributed by atoms with Crippen molar-refractivity contribution >= 4 is 17.7 Å². The lowest BCUT2D eigenvalue weighted by atomic mass is 10.1. The molecule has 108 valence electrons. The van der Waals surface area contributed by atoms with Crippen LogP contribution in [0.2, 0.25) is 0 Å². The molecule has 0 saturated heterocycles. The van der Waals surface area contributed by atoms with E-state index in [1.807, 2.05) is 0 Å². The fourth-order valence-corrected chi connectivity index (χ4v) is 3.15.